The Balaban J connectivity index is 0.845. The molecule has 2 aliphatic rings. The molecule has 2 fully saturated rings. The van der Waals surface area contributed by atoms with Gasteiger partial charge in [0.1, 0.15) is 24.7 Å². The van der Waals surface area contributed by atoms with E-state index in [2.05, 4.69) is 31.0 Å². The van der Waals surface area contributed by atoms with Gasteiger partial charge in [0.05, 0.1) is 22.8 Å². The van der Waals surface area contributed by atoms with E-state index in [4.69, 9.17) is 14.9 Å². The molecule has 19 nitrogen and oxygen atoms in total. The number of aromatic nitrogens is 6. The Bertz CT molecular complexity index is 2610. The number of hydrogen-bond acceptors (Lipinski definition) is 12. The maximum atomic E-state index is 13.4. The van der Waals surface area contributed by atoms with Crippen LogP contribution in [0.1, 0.15) is 90.0 Å². The van der Waals surface area contributed by atoms with E-state index in [0.717, 1.165) is 17.3 Å². The lowest BCUT2D eigenvalue weighted by Gasteiger charge is -2.30. The van der Waals surface area contributed by atoms with Gasteiger partial charge in [-0.3, -0.25) is 43.1 Å². The summed E-state index contributed by atoms with van der Waals surface area (Å²) in [5.41, 5.74) is 7.60. The number of nitrogens with zero attached hydrogens (tertiary/aromatic N) is 7. The number of nitrogens with two attached hydrogens (primary N) is 1. The molecule has 1 unspecified atom stereocenters. The Hall–Kier alpha value is -6.84. The summed E-state index contributed by atoms with van der Waals surface area (Å²) in [6, 6.07) is 7.44. The van der Waals surface area contributed by atoms with Crippen LogP contribution in [-0.2, 0) is 32.6 Å². The van der Waals surface area contributed by atoms with Gasteiger partial charge in [-0.2, -0.15) is 18.3 Å². The molecule has 5 aromatic rings. The van der Waals surface area contributed by atoms with Crippen LogP contribution in [-0.4, -0.2) is 103 Å². The van der Waals surface area contributed by atoms with Gasteiger partial charge in [-0.1, -0.05) is 12.1 Å². The number of primary amides is 1. The van der Waals surface area contributed by atoms with Gasteiger partial charge >= 0.3 is 11.9 Å². The zero-order chi connectivity index (χ0) is 45.7. The van der Waals surface area contributed by atoms with Gasteiger partial charge in [-0.15, -0.1) is 0 Å². The SMILES string of the molecule is CN(CCCOCCCc1cccc2c1n(C)c(=O)n2C1CCC(=O)NC1=O)C(=O)C1CCC(n2cc(NC(=O)c3coc(-c4ccnc(NCC(F)(F)F)c4)n3)c(C(N)=O)n2)CC1. The van der Waals surface area contributed by atoms with E-state index < -0.39 is 36.5 Å². The number of fused-ring (bicyclic) bond motifs is 1. The van der Waals surface area contributed by atoms with Crippen LogP contribution in [0.2, 0.25) is 0 Å². The van der Waals surface area contributed by atoms with E-state index in [-0.39, 0.29) is 76.7 Å². The van der Waals surface area contributed by atoms with Crippen LogP contribution in [0.5, 0.6) is 0 Å². The molecule has 4 aromatic heterocycles. The zero-order valence-electron chi connectivity index (χ0n) is 35.2. The number of aryl methyl sites for hydroxylation is 2. The molecule has 5 N–H and O–H groups in total. The summed E-state index contributed by atoms with van der Waals surface area (Å²) >= 11 is 0. The molecule has 1 atom stereocenters. The largest absolute Gasteiger partial charge is 0.444 e. The number of imide groups is 1. The van der Waals surface area contributed by atoms with Crippen molar-refractivity contribution in [2.45, 2.75) is 76.0 Å². The van der Waals surface area contributed by atoms with Gasteiger partial charge in [-0.25, -0.2) is 14.8 Å². The third-order valence-corrected chi connectivity index (χ3v) is 11.4. The number of anilines is 2. The number of benzene rings is 1. The third-order valence-electron chi connectivity index (χ3n) is 11.4. The molecule has 0 radical (unpaired) electrons. The van der Waals surface area contributed by atoms with E-state index in [9.17, 15) is 41.9 Å². The number of amides is 5. The fourth-order valence-electron chi connectivity index (χ4n) is 8.23. The Kier molecular flexibility index (Phi) is 13.6. The van der Waals surface area contributed by atoms with Crippen molar-refractivity contribution in [1.29, 1.82) is 0 Å². The Labute approximate surface area is 363 Å². The minimum absolute atomic E-state index is 0.0279. The van der Waals surface area contributed by atoms with Crippen molar-refractivity contribution < 1.29 is 46.3 Å². The second-order valence-corrected chi connectivity index (χ2v) is 15.9. The number of carbonyl (C=O) groups excluding carboxylic acids is 5. The molecule has 0 bridgehead atoms. The molecule has 1 aliphatic carbocycles. The van der Waals surface area contributed by atoms with Crippen LogP contribution >= 0.6 is 0 Å². The molecule has 1 aromatic carbocycles. The number of oxazole rings is 1. The molecule has 340 valence electrons. The normalized spacial score (nSPS) is 17.9. The molecule has 1 saturated heterocycles. The lowest BCUT2D eigenvalue weighted by atomic mass is 9.85. The van der Waals surface area contributed by atoms with Gasteiger partial charge in [-0.05, 0) is 75.1 Å². The lowest BCUT2D eigenvalue weighted by molar-refractivity contribution is -0.136. The number of carbonyl (C=O) groups is 5. The van der Waals surface area contributed by atoms with Gasteiger partial charge in [0.15, 0.2) is 11.4 Å². The van der Waals surface area contributed by atoms with Crippen molar-refractivity contribution in [1.82, 2.24) is 39.1 Å². The number of rotatable bonds is 17. The maximum absolute atomic E-state index is 13.4. The average Bonchev–Trinajstić information content (AvgIpc) is 4.00. The van der Waals surface area contributed by atoms with Crippen LogP contribution in [0.25, 0.3) is 22.5 Å². The van der Waals surface area contributed by atoms with E-state index in [0.29, 0.717) is 70.2 Å². The van der Waals surface area contributed by atoms with E-state index in [1.807, 2.05) is 18.2 Å². The Morgan fingerprint density at radius 3 is 2.56 bits per heavy atom. The first-order chi connectivity index (χ1) is 30.6. The topological polar surface area (TPSA) is 244 Å². The highest BCUT2D eigenvalue weighted by molar-refractivity contribution is 6.07. The number of alkyl halides is 3. The summed E-state index contributed by atoms with van der Waals surface area (Å²) in [6.45, 7) is 0.142. The van der Waals surface area contributed by atoms with Crippen molar-refractivity contribution >= 4 is 52.1 Å². The molecule has 5 heterocycles. The maximum Gasteiger partial charge on any atom is 0.405 e. The standard InChI is InChI=1S/C42H48F3N11O8/c1-53(17-5-19-63-18-4-7-24-6-3-8-30-35(24)54(2)41(62)56(30)31-13-14-33(57)51-38(31)60)40(61)25-9-11-27(12-10-25)55-21-28(34(52-55)36(46)58)49-37(59)29-22-64-39(50-29)26-15-16-47-32(20-26)48-23-42(43,44)45/h3,6,8,15-16,20-22,25,27,31H,4-5,7,9-14,17-19,23H2,1-2H3,(H2,46,58)(H,47,48)(H,49,59)(H,51,57,60). The molecular formula is C42H48F3N11O8. The van der Waals surface area contributed by atoms with Gasteiger partial charge in [0.2, 0.25) is 23.6 Å². The highest BCUT2D eigenvalue weighted by Crippen LogP contribution is 2.34. The number of piperidine rings is 1. The van der Waals surface area contributed by atoms with E-state index >= 15 is 0 Å². The summed E-state index contributed by atoms with van der Waals surface area (Å²) in [7, 11) is 3.44. The molecule has 22 heteroatoms. The van der Waals surface area contributed by atoms with Gasteiger partial charge in [0, 0.05) is 64.1 Å². The molecule has 7 rings (SSSR count). The number of pyridine rings is 1. The second-order valence-electron chi connectivity index (χ2n) is 15.9. The quantitative estimate of drug-likeness (QED) is 0.0762. The minimum Gasteiger partial charge on any atom is -0.444 e. The third kappa shape index (κ3) is 10.3. The molecule has 64 heavy (non-hydrogen) atoms. The summed E-state index contributed by atoms with van der Waals surface area (Å²) < 4.78 is 53.8. The summed E-state index contributed by atoms with van der Waals surface area (Å²) in [4.78, 5) is 86.0. The van der Waals surface area contributed by atoms with Crippen molar-refractivity contribution in [3.63, 3.8) is 0 Å². The smallest absolute Gasteiger partial charge is 0.405 e. The predicted molar refractivity (Wildman–Crippen MR) is 224 cm³/mol. The number of imidazole rings is 1. The first kappa shape index (κ1) is 45.2. The summed E-state index contributed by atoms with van der Waals surface area (Å²) in [6.07, 6.45) is 4.11. The number of ether oxygens (including phenoxy) is 1. The monoisotopic (exact) mass is 891 g/mol. The highest BCUT2D eigenvalue weighted by Gasteiger charge is 2.33. The second kappa shape index (κ2) is 19.3. The average molecular weight is 892 g/mol. The van der Waals surface area contributed by atoms with E-state index in [1.54, 1.807) is 28.2 Å². The number of nitrogens with one attached hydrogen (secondary N) is 3. The molecule has 0 spiro atoms. The minimum atomic E-state index is -4.45. The number of halogens is 3. The fraction of sp³-hybridized carbons (Fsp3) is 0.452. The van der Waals surface area contributed by atoms with Crippen LogP contribution < -0.4 is 27.4 Å². The fourth-order valence-corrected chi connectivity index (χ4v) is 8.23. The predicted octanol–water partition coefficient (Wildman–Crippen LogP) is 4.12. The number of para-hydroxylation sites is 1. The van der Waals surface area contributed by atoms with Crippen LogP contribution in [0.3, 0.4) is 0 Å². The molecule has 1 aliphatic heterocycles. The first-order valence-electron chi connectivity index (χ1n) is 20.9. The molecule has 5 amide bonds. The Morgan fingerprint density at radius 2 is 1.83 bits per heavy atom. The molecule has 1 saturated carbocycles. The Morgan fingerprint density at radius 1 is 1.06 bits per heavy atom. The first-order valence-corrected chi connectivity index (χ1v) is 20.9. The van der Waals surface area contributed by atoms with Gasteiger partial charge in [0.25, 0.3) is 11.8 Å². The van der Waals surface area contributed by atoms with Crippen molar-refractivity contribution in [3.8, 4) is 11.5 Å². The number of hydrogen-bond donors (Lipinski definition) is 4. The van der Waals surface area contributed by atoms with Crippen LogP contribution in [0.4, 0.5) is 24.7 Å². The zero-order valence-corrected chi connectivity index (χ0v) is 35.2. The lowest BCUT2D eigenvalue weighted by Crippen LogP contribution is -2.44. The van der Waals surface area contributed by atoms with Gasteiger partial charge < -0.3 is 30.4 Å². The van der Waals surface area contributed by atoms with Crippen molar-refractivity contribution in [3.05, 3.63) is 76.4 Å². The molecular weight excluding hydrogens is 844 g/mol. The summed E-state index contributed by atoms with van der Waals surface area (Å²) in [5, 5.41) is 11.4. The van der Waals surface area contributed by atoms with E-state index in [1.165, 1.54) is 29.1 Å². The van der Waals surface area contributed by atoms with Crippen molar-refractivity contribution in [2.75, 3.05) is 44.0 Å². The summed E-state index contributed by atoms with van der Waals surface area (Å²) in [5.74, 6) is -2.72. The van der Waals surface area contributed by atoms with Crippen LogP contribution in [0, 0.1) is 5.92 Å². The van der Waals surface area contributed by atoms with Crippen LogP contribution in [0.15, 0.2) is 58.2 Å². The highest BCUT2D eigenvalue weighted by atomic mass is 19.4. The van der Waals surface area contributed by atoms with Crippen molar-refractivity contribution in [2.24, 2.45) is 18.7 Å².